The summed E-state index contributed by atoms with van der Waals surface area (Å²) in [6, 6.07) is 21.3. The van der Waals surface area contributed by atoms with E-state index in [1.807, 2.05) is 0 Å². The molecule has 0 N–H and O–H groups in total. The van der Waals surface area contributed by atoms with Crippen LogP contribution in [-0.4, -0.2) is 133 Å². The van der Waals surface area contributed by atoms with Crippen LogP contribution in [0, 0.1) is 0 Å². The average molecular weight is 751 g/mol. The van der Waals surface area contributed by atoms with Crippen LogP contribution in [0.3, 0.4) is 0 Å². The van der Waals surface area contributed by atoms with Crippen molar-refractivity contribution in [3.05, 3.63) is 60.7 Å². The van der Waals surface area contributed by atoms with Gasteiger partial charge in [-0.25, -0.2) is 0 Å². The molecule has 12 heteroatoms. The van der Waals surface area contributed by atoms with Crippen molar-refractivity contribution in [1.82, 2.24) is 0 Å². The fourth-order valence-electron chi connectivity index (χ4n) is 5.46. The molecule has 2 aromatic carbocycles. The molecule has 0 bridgehead atoms. The highest BCUT2D eigenvalue weighted by molar-refractivity contribution is 6.99. The lowest BCUT2D eigenvalue weighted by atomic mass is 10.2. The van der Waals surface area contributed by atoms with Crippen molar-refractivity contribution in [2.45, 2.75) is 58.4 Å². The highest BCUT2D eigenvalue weighted by atomic mass is 28.4. The minimum Gasteiger partial charge on any atom is -0.463 e. The molecule has 2 rings (SSSR count). The molecule has 2 aromatic rings. The highest BCUT2D eigenvalue weighted by Crippen LogP contribution is 2.36. The summed E-state index contributed by atoms with van der Waals surface area (Å²) in [7, 11) is -2.54. The maximum atomic E-state index is 11.5. The number of rotatable bonds is 34. The van der Waals surface area contributed by atoms with E-state index in [4.69, 9.17) is 47.1 Å². The Hall–Kier alpha value is -2.23. The summed E-state index contributed by atoms with van der Waals surface area (Å²) in [5.74, 6) is -0.158. The molecule has 296 valence electrons. The number of unbranched alkanes of at least 4 members (excludes halogenated alkanes) is 2. The zero-order valence-corrected chi connectivity index (χ0v) is 33.3. The standard InChI is InChI=1S/C40H66O11Si/c1-5-6-9-18-39(41)50-35-33-48-31-29-46-27-25-44-23-21-42-19-20-43-22-24-45-26-28-47-30-32-49-34-36-51-52(40(2,3)4,37-14-10-7-11-15-37)38-16-12-8-13-17-38/h7-8,10-17H,5-6,9,18-36H2,1-4H3. The summed E-state index contributed by atoms with van der Waals surface area (Å²) in [6.45, 7) is 17.5. The van der Waals surface area contributed by atoms with Gasteiger partial charge in [-0.15, -0.1) is 0 Å². The first kappa shape index (κ1) is 45.9. The molecule has 0 saturated carbocycles. The minimum absolute atomic E-state index is 0.0578. The summed E-state index contributed by atoms with van der Waals surface area (Å²) in [4.78, 5) is 11.5. The first-order valence-electron chi connectivity index (χ1n) is 18.9. The Morgan fingerprint density at radius 2 is 0.808 bits per heavy atom. The van der Waals surface area contributed by atoms with E-state index in [2.05, 4.69) is 88.4 Å². The van der Waals surface area contributed by atoms with E-state index in [9.17, 15) is 4.79 Å². The van der Waals surface area contributed by atoms with Gasteiger partial charge in [0.15, 0.2) is 0 Å². The zero-order chi connectivity index (χ0) is 37.4. The van der Waals surface area contributed by atoms with Gasteiger partial charge in [-0.1, -0.05) is 101 Å². The quantitative estimate of drug-likeness (QED) is 0.0559. The summed E-state index contributed by atoms with van der Waals surface area (Å²) in [6.07, 6.45) is 3.49. The lowest BCUT2D eigenvalue weighted by Gasteiger charge is -2.43. The minimum atomic E-state index is -2.54. The first-order valence-corrected chi connectivity index (χ1v) is 20.8. The lowest BCUT2D eigenvalue weighted by Crippen LogP contribution is -2.66. The Morgan fingerprint density at radius 3 is 1.13 bits per heavy atom. The van der Waals surface area contributed by atoms with E-state index < -0.39 is 8.32 Å². The molecule has 52 heavy (non-hydrogen) atoms. The van der Waals surface area contributed by atoms with Gasteiger partial charge in [-0.2, -0.15) is 0 Å². The Labute approximate surface area is 314 Å². The summed E-state index contributed by atoms with van der Waals surface area (Å²) in [5, 5.41) is 2.47. The number of esters is 1. The number of carbonyl (C=O) groups excluding carboxylic acids is 1. The van der Waals surface area contributed by atoms with E-state index in [0.29, 0.717) is 119 Å². The summed E-state index contributed by atoms with van der Waals surface area (Å²) < 4.78 is 56.4. The number of hydrogen-bond donors (Lipinski definition) is 0. The third-order valence-corrected chi connectivity index (χ3v) is 13.1. The van der Waals surface area contributed by atoms with Crippen LogP contribution in [0.2, 0.25) is 5.04 Å². The van der Waals surface area contributed by atoms with E-state index in [0.717, 1.165) is 19.3 Å². The van der Waals surface area contributed by atoms with Crippen LogP contribution in [0.25, 0.3) is 0 Å². The molecule has 11 nitrogen and oxygen atoms in total. The molecular weight excluding hydrogens is 685 g/mol. The van der Waals surface area contributed by atoms with Gasteiger partial charge in [0.25, 0.3) is 8.32 Å². The van der Waals surface area contributed by atoms with Crippen molar-refractivity contribution in [2.75, 3.05) is 119 Å². The molecule has 0 aliphatic carbocycles. The Balaban J connectivity index is 1.33. The molecule has 0 spiro atoms. The van der Waals surface area contributed by atoms with E-state index in [1.54, 1.807) is 0 Å². The first-order chi connectivity index (χ1) is 25.4. The molecule has 0 amide bonds. The van der Waals surface area contributed by atoms with Crippen LogP contribution in [0.4, 0.5) is 0 Å². The van der Waals surface area contributed by atoms with E-state index >= 15 is 0 Å². The van der Waals surface area contributed by atoms with Gasteiger partial charge < -0.3 is 47.1 Å². The largest absolute Gasteiger partial charge is 0.463 e. The second kappa shape index (κ2) is 30.1. The van der Waals surface area contributed by atoms with Gasteiger partial charge in [0.2, 0.25) is 0 Å². The normalized spacial score (nSPS) is 12.0. The fourth-order valence-corrected chi connectivity index (χ4v) is 10.0. The van der Waals surface area contributed by atoms with Gasteiger partial charge in [0.1, 0.15) is 6.61 Å². The fraction of sp³-hybridized carbons (Fsp3) is 0.675. The van der Waals surface area contributed by atoms with Crippen LogP contribution >= 0.6 is 0 Å². The van der Waals surface area contributed by atoms with Crippen LogP contribution < -0.4 is 10.4 Å². The van der Waals surface area contributed by atoms with Crippen LogP contribution in [-0.2, 0) is 51.9 Å². The van der Waals surface area contributed by atoms with E-state index in [1.165, 1.54) is 10.4 Å². The van der Waals surface area contributed by atoms with Crippen molar-refractivity contribution in [2.24, 2.45) is 0 Å². The third kappa shape index (κ3) is 20.3. The maximum Gasteiger partial charge on any atom is 0.305 e. The Bertz CT molecular complexity index is 1060. The monoisotopic (exact) mass is 750 g/mol. The maximum absolute atomic E-state index is 11.5. The molecule has 0 radical (unpaired) electrons. The Morgan fingerprint density at radius 1 is 0.481 bits per heavy atom. The number of hydrogen-bond acceptors (Lipinski definition) is 11. The summed E-state index contributed by atoms with van der Waals surface area (Å²) >= 11 is 0. The molecule has 0 aromatic heterocycles. The highest BCUT2D eigenvalue weighted by Gasteiger charge is 2.50. The molecular formula is C40H66O11Si. The second-order valence-electron chi connectivity index (χ2n) is 13.1. The van der Waals surface area contributed by atoms with Crippen molar-refractivity contribution in [3.8, 4) is 0 Å². The van der Waals surface area contributed by atoms with Gasteiger partial charge >= 0.3 is 5.97 Å². The predicted molar refractivity (Wildman–Crippen MR) is 205 cm³/mol. The smallest absolute Gasteiger partial charge is 0.305 e. The topological polar surface area (TPSA) is 109 Å². The molecule has 0 atom stereocenters. The van der Waals surface area contributed by atoms with Crippen LogP contribution in [0.1, 0.15) is 53.4 Å². The van der Waals surface area contributed by atoms with Crippen molar-refractivity contribution in [3.63, 3.8) is 0 Å². The van der Waals surface area contributed by atoms with Crippen LogP contribution in [0.15, 0.2) is 60.7 Å². The van der Waals surface area contributed by atoms with Crippen molar-refractivity contribution >= 4 is 24.7 Å². The lowest BCUT2D eigenvalue weighted by molar-refractivity contribution is -0.145. The number of benzene rings is 2. The number of carbonyl (C=O) groups is 1. The van der Waals surface area contributed by atoms with Crippen LogP contribution in [0.5, 0.6) is 0 Å². The number of ether oxygens (including phenoxy) is 9. The van der Waals surface area contributed by atoms with Gasteiger partial charge in [0.05, 0.1) is 112 Å². The SMILES string of the molecule is CCCCCC(=O)OCCOCCOCCOCCOCCOCCOCCOCCOCCO[Si](c1ccccc1)(c1ccccc1)C(C)(C)C. The average Bonchev–Trinajstić information content (AvgIpc) is 3.14. The molecule has 0 fully saturated rings. The van der Waals surface area contributed by atoms with Gasteiger partial charge in [-0.05, 0) is 21.8 Å². The molecule has 0 saturated heterocycles. The van der Waals surface area contributed by atoms with E-state index in [-0.39, 0.29) is 17.6 Å². The summed E-state index contributed by atoms with van der Waals surface area (Å²) in [5.41, 5.74) is 0. The molecule has 0 aliphatic rings. The Kier molecular flexibility index (Phi) is 26.6. The van der Waals surface area contributed by atoms with Gasteiger partial charge in [0, 0.05) is 6.42 Å². The molecule has 0 heterocycles. The van der Waals surface area contributed by atoms with Crippen molar-refractivity contribution < 1.29 is 51.9 Å². The predicted octanol–water partition coefficient (Wildman–Crippen LogP) is 4.82. The van der Waals surface area contributed by atoms with Gasteiger partial charge in [-0.3, -0.25) is 4.79 Å². The van der Waals surface area contributed by atoms with Crippen molar-refractivity contribution in [1.29, 1.82) is 0 Å². The third-order valence-electron chi connectivity index (χ3n) is 8.04. The molecule has 0 aliphatic heterocycles. The zero-order valence-electron chi connectivity index (χ0n) is 32.3. The second-order valence-corrected chi connectivity index (χ2v) is 17.4. The molecule has 0 unspecified atom stereocenters.